The topological polar surface area (TPSA) is 70.2 Å². The molecule has 2 amide bonds. The van der Waals surface area contributed by atoms with Gasteiger partial charge in [0.05, 0.1) is 6.04 Å². The van der Waals surface area contributed by atoms with Crippen molar-refractivity contribution in [3.63, 3.8) is 0 Å². The second kappa shape index (κ2) is 9.55. The lowest BCUT2D eigenvalue weighted by atomic mass is 9.98. The lowest BCUT2D eigenvalue weighted by Gasteiger charge is -2.23. The summed E-state index contributed by atoms with van der Waals surface area (Å²) in [6, 6.07) is 26.4. The number of carbonyl (C=O) groups is 2. The first-order valence-corrected chi connectivity index (χ1v) is 9.57. The minimum absolute atomic E-state index is 0.103. The van der Waals surface area contributed by atoms with E-state index in [4.69, 9.17) is 0 Å². The third-order valence-corrected chi connectivity index (χ3v) is 4.53. The third kappa shape index (κ3) is 5.69. The van der Waals surface area contributed by atoms with Crippen molar-refractivity contribution in [3.05, 3.63) is 96.1 Å². The van der Waals surface area contributed by atoms with Crippen LogP contribution in [0.15, 0.2) is 84.9 Å². The zero-order chi connectivity index (χ0) is 20.6. The van der Waals surface area contributed by atoms with Gasteiger partial charge in [0.2, 0.25) is 11.8 Å². The van der Waals surface area contributed by atoms with Gasteiger partial charge in [0.25, 0.3) is 0 Å². The predicted molar refractivity (Wildman–Crippen MR) is 117 cm³/mol. The summed E-state index contributed by atoms with van der Waals surface area (Å²) in [4.78, 5) is 24.0. The number of hydrogen-bond donors (Lipinski definition) is 3. The van der Waals surface area contributed by atoms with Gasteiger partial charge in [-0.15, -0.1) is 0 Å². The Balaban J connectivity index is 1.70. The number of carbonyl (C=O) groups excluding carboxylic acids is 2. The summed E-state index contributed by atoms with van der Waals surface area (Å²) in [5.74, 6) is -0.222. The molecule has 0 aliphatic carbocycles. The molecule has 0 aliphatic heterocycles. The predicted octanol–water partition coefficient (Wildman–Crippen LogP) is 4.35. The minimum Gasteiger partial charge on any atom is -0.374 e. The maximum Gasteiger partial charge on any atom is 0.242 e. The van der Waals surface area contributed by atoms with Crippen LogP contribution >= 0.6 is 0 Å². The van der Waals surface area contributed by atoms with Crippen molar-refractivity contribution in [1.82, 2.24) is 5.32 Å². The highest BCUT2D eigenvalue weighted by Crippen LogP contribution is 2.22. The molecular formula is C24H25N3O2. The largest absolute Gasteiger partial charge is 0.374 e. The van der Waals surface area contributed by atoms with Crippen molar-refractivity contribution in [2.24, 2.45) is 0 Å². The Morgan fingerprint density at radius 2 is 1.21 bits per heavy atom. The minimum atomic E-state index is -0.434. The Morgan fingerprint density at radius 1 is 0.724 bits per heavy atom. The van der Waals surface area contributed by atoms with E-state index in [1.54, 1.807) is 12.1 Å². The zero-order valence-corrected chi connectivity index (χ0v) is 16.6. The summed E-state index contributed by atoms with van der Waals surface area (Å²) in [6.45, 7) is 3.29. The molecule has 3 rings (SSSR count). The molecule has 0 saturated heterocycles. The highest BCUT2D eigenvalue weighted by atomic mass is 16.2. The van der Waals surface area contributed by atoms with Crippen molar-refractivity contribution < 1.29 is 9.59 Å². The van der Waals surface area contributed by atoms with E-state index in [1.807, 2.05) is 79.7 Å². The standard InChI is InChI=1S/C24H25N3O2/c1-17(25-21-13-15-22(16-14-21)26-18(2)28)24(29)27-23(19-9-5-3-6-10-19)20-11-7-4-8-12-20/h3-17,23,25H,1-2H3,(H,26,28)(H,27,29)/t17-/m1/s1. The van der Waals surface area contributed by atoms with E-state index in [1.165, 1.54) is 6.92 Å². The molecule has 0 aromatic heterocycles. The number of anilines is 2. The Bertz CT molecular complexity index is 901. The van der Waals surface area contributed by atoms with Crippen LogP contribution in [0, 0.1) is 0 Å². The van der Waals surface area contributed by atoms with Gasteiger partial charge in [0.1, 0.15) is 6.04 Å². The van der Waals surface area contributed by atoms with Crippen LogP contribution in [-0.4, -0.2) is 17.9 Å². The molecule has 0 aliphatic rings. The van der Waals surface area contributed by atoms with Gasteiger partial charge in [-0.1, -0.05) is 60.7 Å². The summed E-state index contributed by atoms with van der Waals surface area (Å²) < 4.78 is 0. The smallest absolute Gasteiger partial charge is 0.242 e. The highest BCUT2D eigenvalue weighted by molar-refractivity contribution is 5.89. The van der Waals surface area contributed by atoms with E-state index < -0.39 is 6.04 Å². The first-order chi connectivity index (χ1) is 14.0. The van der Waals surface area contributed by atoms with Gasteiger partial charge in [-0.05, 0) is 42.3 Å². The van der Waals surface area contributed by atoms with Crippen LogP contribution in [0.3, 0.4) is 0 Å². The summed E-state index contributed by atoms with van der Waals surface area (Å²) in [5.41, 5.74) is 3.57. The van der Waals surface area contributed by atoms with Gasteiger partial charge in [-0.3, -0.25) is 9.59 Å². The van der Waals surface area contributed by atoms with Crippen LogP contribution in [0.4, 0.5) is 11.4 Å². The molecule has 3 aromatic rings. The molecule has 148 valence electrons. The van der Waals surface area contributed by atoms with E-state index in [9.17, 15) is 9.59 Å². The van der Waals surface area contributed by atoms with Crippen LogP contribution in [0.1, 0.15) is 31.0 Å². The molecule has 3 N–H and O–H groups in total. The molecule has 0 bridgehead atoms. The highest BCUT2D eigenvalue weighted by Gasteiger charge is 2.20. The molecular weight excluding hydrogens is 362 g/mol. The summed E-state index contributed by atoms with van der Waals surface area (Å²) in [6.07, 6.45) is 0. The number of nitrogens with one attached hydrogen (secondary N) is 3. The van der Waals surface area contributed by atoms with Crippen LogP contribution in [-0.2, 0) is 9.59 Å². The average Bonchev–Trinajstić information content (AvgIpc) is 2.74. The Hall–Kier alpha value is -3.60. The molecule has 0 spiro atoms. The first-order valence-electron chi connectivity index (χ1n) is 9.57. The maximum absolute atomic E-state index is 12.9. The van der Waals surface area contributed by atoms with Crippen molar-refractivity contribution in [2.75, 3.05) is 10.6 Å². The second-order valence-electron chi connectivity index (χ2n) is 6.89. The Labute approximate surface area is 171 Å². The molecule has 3 aromatic carbocycles. The SMILES string of the molecule is CC(=O)Nc1ccc(N[C@H](C)C(=O)NC(c2ccccc2)c2ccccc2)cc1. The van der Waals surface area contributed by atoms with E-state index in [-0.39, 0.29) is 17.9 Å². The first kappa shape index (κ1) is 20.1. The number of amides is 2. The number of benzene rings is 3. The summed E-state index contributed by atoms with van der Waals surface area (Å²) in [5, 5.41) is 9.08. The molecule has 0 saturated carbocycles. The van der Waals surface area contributed by atoms with Gasteiger partial charge in [-0.2, -0.15) is 0 Å². The van der Waals surface area contributed by atoms with Gasteiger partial charge >= 0.3 is 0 Å². The molecule has 29 heavy (non-hydrogen) atoms. The average molecular weight is 387 g/mol. The summed E-state index contributed by atoms with van der Waals surface area (Å²) >= 11 is 0. The maximum atomic E-state index is 12.9. The number of hydrogen-bond acceptors (Lipinski definition) is 3. The molecule has 0 fully saturated rings. The van der Waals surface area contributed by atoms with E-state index in [0.717, 1.165) is 16.8 Å². The second-order valence-corrected chi connectivity index (χ2v) is 6.89. The van der Waals surface area contributed by atoms with Crippen molar-refractivity contribution in [1.29, 1.82) is 0 Å². The van der Waals surface area contributed by atoms with Crippen LogP contribution < -0.4 is 16.0 Å². The van der Waals surface area contributed by atoms with Crippen LogP contribution in [0.25, 0.3) is 0 Å². The monoisotopic (exact) mass is 387 g/mol. The third-order valence-electron chi connectivity index (χ3n) is 4.53. The fraction of sp³-hybridized carbons (Fsp3) is 0.167. The molecule has 0 radical (unpaired) electrons. The molecule has 0 unspecified atom stereocenters. The van der Waals surface area contributed by atoms with E-state index in [2.05, 4.69) is 16.0 Å². The van der Waals surface area contributed by atoms with Crippen molar-refractivity contribution in [2.45, 2.75) is 25.9 Å². The van der Waals surface area contributed by atoms with Gasteiger partial charge in [-0.25, -0.2) is 0 Å². The number of rotatable bonds is 7. The van der Waals surface area contributed by atoms with Crippen LogP contribution in [0.5, 0.6) is 0 Å². The molecule has 5 nitrogen and oxygen atoms in total. The summed E-state index contributed by atoms with van der Waals surface area (Å²) in [7, 11) is 0. The normalized spacial score (nSPS) is 11.6. The van der Waals surface area contributed by atoms with Gasteiger partial charge < -0.3 is 16.0 Å². The van der Waals surface area contributed by atoms with E-state index in [0.29, 0.717) is 5.69 Å². The molecule has 5 heteroatoms. The quantitative estimate of drug-likeness (QED) is 0.564. The fourth-order valence-electron chi connectivity index (χ4n) is 3.09. The fourth-order valence-corrected chi connectivity index (χ4v) is 3.09. The lowest BCUT2D eigenvalue weighted by molar-refractivity contribution is -0.122. The van der Waals surface area contributed by atoms with E-state index >= 15 is 0 Å². The lowest BCUT2D eigenvalue weighted by Crippen LogP contribution is -2.40. The van der Waals surface area contributed by atoms with Gasteiger partial charge in [0, 0.05) is 18.3 Å². The van der Waals surface area contributed by atoms with Crippen LogP contribution in [0.2, 0.25) is 0 Å². The van der Waals surface area contributed by atoms with Crippen molar-refractivity contribution in [3.8, 4) is 0 Å². The van der Waals surface area contributed by atoms with Crippen molar-refractivity contribution >= 4 is 23.2 Å². The molecule has 1 atom stereocenters. The Morgan fingerprint density at radius 3 is 1.69 bits per heavy atom. The Kier molecular flexibility index (Phi) is 6.63. The molecule has 0 heterocycles. The van der Waals surface area contributed by atoms with Gasteiger partial charge in [0.15, 0.2) is 0 Å². The zero-order valence-electron chi connectivity index (χ0n) is 16.6.